The summed E-state index contributed by atoms with van der Waals surface area (Å²) in [5.41, 5.74) is 1.57. The van der Waals surface area contributed by atoms with Crippen LogP contribution in [0.15, 0.2) is 67.6 Å². The number of hydrogen-bond donors (Lipinski definition) is 2. The Kier molecular flexibility index (Phi) is 8.09. The molecule has 0 bridgehead atoms. The molecule has 1 fully saturated rings. The number of halogens is 1. The minimum Gasteiger partial charge on any atom is -0.503 e. The summed E-state index contributed by atoms with van der Waals surface area (Å²) in [7, 11) is 0. The van der Waals surface area contributed by atoms with Crippen molar-refractivity contribution in [2.24, 2.45) is 0 Å². The summed E-state index contributed by atoms with van der Waals surface area (Å²) in [6.45, 7) is 8.20. The first-order valence-corrected chi connectivity index (χ1v) is 11.8. The van der Waals surface area contributed by atoms with E-state index in [0.29, 0.717) is 55.2 Å². The third-order valence-corrected chi connectivity index (χ3v) is 6.17. The summed E-state index contributed by atoms with van der Waals surface area (Å²) in [4.78, 5) is 35.9. The van der Waals surface area contributed by atoms with Crippen LogP contribution in [0.1, 0.15) is 27.6 Å². The van der Waals surface area contributed by atoms with Gasteiger partial charge in [-0.05, 0) is 54.5 Å². The Morgan fingerprint density at radius 1 is 1.19 bits per heavy atom. The molecule has 10 heteroatoms. The van der Waals surface area contributed by atoms with Gasteiger partial charge < -0.3 is 20.1 Å². The van der Waals surface area contributed by atoms with Crippen LogP contribution in [-0.2, 0) is 4.79 Å². The standard InChI is InChI=1S/C27H28FN5O4/c1-3-25(35)33-12-10-32(11-13-33)16-24(20-5-4-18(2)22(28)14-20)37-21-8-6-19(7-9-21)27(36)31-26-23(34)15-29-17-30-26/h3-9,14-15,17,24,34H,1,10-13,16H2,2H3,(H,29,30,31,36). The Morgan fingerprint density at radius 3 is 2.57 bits per heavy atom. The molecule has 2 amide bonds. The largest absolute Gasteiger partial charge is 0.503 e. The zero-order valence-corrected chi connectivity index (χ0v) is 20.4. The molecular weight excluding hydrogens is 477 g/mol. The van der Waals surface area contributed by atoms with Crippen LogP contribution < -0.4 is 10.1 Å². The van der Waals surface area contributed by atoms with Crippen LogP contribution in [0, 0.1) is 12.7 Å². The Hall–Kier alpha value is -4.31. The van der Waals surface area contributed by atoms with Gasteiger partial charge in [0.2, 0.25) is 5.91 Å². The first-order valence-electron chi connectivity index (χ1n) is 11.8. The van der Waals surface area contributed by atoms with Crippen molar-refractivity contribution in [2.75, 3.05) is 38.0 Å². The lowest BCUT2D eigenvalue weighted by molar-refractivity contribution is -0.127. The van der Waals surface area contributed by atoms with E-state index in [0.717, 1.165) is 0 Å². The number of aryl methyl sites for hydroxylation is 1. The van der Waals surface area contributed by atoms with E-state index in [1.165, 1.54) is 24.7 Å². The van der Waals surface area contributed by atoms with Gasteiger partial charge in [0.1, 0.15) is 24.0 Å². The second-order valence-corrected chi connectivity index (χ2v) is 8.68. The summed E-state index contributed by atoms with van der Waals surface area (Å²) in [6.07, 6.45) is 3.24. The fraction of sp³-hybridized carbons (Fsp3) is 0.259. The molecule has 0 spiro atoms. The number of benzene rings is 2. The molecule has 2 aromatic carbocycles. The quantitative estimate of drug-likeness (QED) is 0.452. The highest BCUT2D eigenvalue weighted by atomic mass is 19.1. The summed E-state index contributed by atoms with van der Waals surface area (Å²) in [6, 6.07) is 11.5. The van der Waals surface area contributed by atoms with E-state index in [9.17, 15) is 19.1 Å². The normalized spacial score (nSPS) is 14.6. The minimum atomic E-state index is -0.477. The van der Waals surface area contributed by atoms with Crippen LogP contribution in [0.2, 0.25) is 0 Å². The highest BCUT2D eigenvalue weighted by Gasteiger charge is 2.24. The lowest BCUT2D eigenvalue weighted by atomic mass is 10.1. The van der Waals surface area contributed by atoms with Crippen LogP contribution in [0.4, 0.5) is 10.2 Å². The Morgan fingerprint density at radius 2 is 1.92 bits per heavy atom. The molecule has 0 radical (unpaired) electrons. The molecule has 4 rings (SSSR count). The number of nitrogens with zero attached hydrogens (tertiary/aromatic N) is 4. The van der Waals surface area contributed by atoms with E-state index in [4.69, 9.17) is 4.74 Å². The number of hydrogen-bond acceptors (Lipinski definition) is 7. The number of amides is 2. The van der Waals surface area contributed by atoms with Gasteiger partial charge in [0.15, 0.2) is 11.6 Å². The van der Waals surface area contributed by atoms with Crippen molar-refractivity contribution in [3.8, 4) is 11.5 Å². The van der Waals surface area contributed by atoms with Crippen LogP contribution >= 0.6 is 0 Å². The summed E-state index contributed by atoms with van der Waals surface area (Å²) >= 11 is 0. The lowest BCUT2D eigenvalue weighted by Gasteiger charge is -2.36. The number of rotatable bonds is 8. The maximum Gasteiger partial charge on any atom is 0.256 e. The van der Waals surface area contributed by atoms with Gasteiger partial charge in [0.05, 0.1) is 6.20 Å². The SMILES string of the molecule is C=CC(=O)N1CCN(CC(Oc2ccc(C(=O)Nc3ncncc3O)cc2)c2ccc(C)c(F)c2)CC1. The topological polar surface area (TPSA) is 108 Å². The van der Waals surface area contributed by atoms with Gasteiger partial charge in [-0.25, -0.2) is 14.4 Å². The van der Waals surface area contributed by atoms with Crippen molar-refractivity contribution in [1.82, 2.24) is 19.8 Å². The van der Waals surface area contributed by atoms with E-state index in [2.05, 4.69) is 26.8 Å². The first kappa shape index (κ1) is 25.8. The molecule has 1 atom stereocenters. The van der Waals surface area contributed by atoms with E-state index in [-0.39, 0.29) is 23.3 Å². The molecule has 1 unspecified atom stereocenters. The third-order valence-electron chi connectivity index (χ3n) is 6.17. The molecule has 1 aromatic heterocycles. The van der Waals surface area contributed by atoms with Crippen molar-refractivity contribution >= 4 is 17.6 Å². The Bertz CT molecular complexity index is 1280. The van der Waals surface area contributed by atoms with E-state index in [1.807, 2.05) is 6.07 Å². The first-order chi connectivity index (χ1) is 17.8. The molecule has 9 nitrogen and oxygen atoms in total. The van der Waals surface area contributed by atoms with Gasteiger partial charge in [-0.2, -0.15) is 0 Å². The minimum absolute atomic E-state index is 0.0108. The van der Waals surface area contributed by atoms with E-state index in [1.54, 1.807) is 42.2 Å². The van der Waals surface area contributed by atoms with Crippen LogP contribution in [0.5, 0.6) is 11.5 Å². The lowest BCUT2D eigenvalue weighted by Crippen LogP contribution is -2.49. The maximum atomic E-state index is 14.4. The zero-order valence-electron chi connectivity index (χ0n) is 20.4. The van der Waals surface area contributed by atoms with Gasteiger partial charge in [-0.15, -0.1) is 0 Å². The van der Waals surface area contributed by atoms with Crippen molar-refractivity contribution < 1.29 is 23.8 Å². The van der Waals surface area contributed by atoms with E-state index >= 15 is 0 Å². The third kappa shape index (κ3) is 6.47. The van der Waals surface area contributed by atoms with Crippen LogP contribution in [0.3, 0.4) is 0 Å². The smallest absolute Gasteiger partial charge is 0.256 e. The Labute approximate surface area is 214 Å². The second-order valence-electron chi connectivity index (χ2n) is 8.68. The highest BCUT2D eigenvalue weighted by molar-refractivity contribution is 6.04. The summed E-state index contributed by atoms with van der Waals surface area (Å²) < 4.78 is 20.7. The Balaban J connectivity index is 1.47. The number of ether oxygens (including phenoxy) is 1. The molecule has 192 valence electrons. The molecule has 1 aliphatic heterocycles. The van der Waals surface area contributed by atoms with Crippen molar-refractivity contribution in [3.63, 3.8) is 0 Å². The highest BCUT2D eigenvalue weighted by Crippen LogP contribution is 2.26. The molecule has 37 heavy (non-hydrogen) atoms. The van der Waals surface area contributed by atoms with Crippen molar-refractivity contribution in [3.05, 3.63) is 90.2 Å². The monoisotopic (exact) mass is 505 g/mol. The average Bonchev–Trinajstić information content (AvgIpc) is 2.91. The predicted octanol–water partition coefficient (Wildman–Crippen LogP) is 3.33. The number of aromatic nitrogens is 2. The second kappa shape index (κ2) is 11.6. The molecule has 3 aromatic rings. The molecule has 0 aliphatic carbocycles. The number of carbonyl (C=O) groups is 2. The number of aromatic hydroxyl groups is 1. The van der Waals surface area contributed by atoms with Crippen molar-refractivity contribution in [2.45, 2.75) is 13.0 Å². The number of carbonyl (C=O) groups excluding carboxylic acids is 2. The zero-order chi connectivity index (χ0) is 26.4. The molecule has 1 aliphatic rings. The number of anilines is 1. The number of piperazine rings is 1. The molecular formula is C27H28FN5O4. The van der Waals surface area contributed by atoms with Gasteiger partial charge in [-0.1, -0.05) is 18.7 Å². The van der Waals surface area contributed by atoms with Crippen molar-refractivity contribution in [1.29, 1.82) is 0 Å². The molecule has 0 saturated carbocycles. The fourth-order valence-electron chi connectivity index (χ4n) is 3.98. The van der Waals surface area contributed by atoms with Gasteiger partial charge >= 0.3 is 0 Å². The van der Waals surface area contributed by atoms with E-state index < -0.39 is 12.0 Å². The van der Waals surface area contributed by atoms with Crippen LogP contribution in [-0.4, -0.2) is 69.4 Å². The summed E-state index contributed by atoms with van der Waals surface area (Å²) in [5.74, 6) is -0.576. The van der Waals surface area contributed by atoms with Gasteiger partial charge in [0, 0.05) is 38.3 Å². The maximum absolute atomic E-state index is 14.4. The fourth-order valence-corrected chi connectivity index (χ4v) is 3.98. The predicted molar refractivity (Wildman–Crippen MR) is 136 cm³/mol. The molecule has 2 N–H and O–H groups in total. The summed E-state index contributed by atoms with van der Waals surface area (Å²) in [5, 5.41) is 12.3. The van der Waals surface area contributed by atoms with Gasteiger partial charge in [-0.3, -0.25) is 14.5 Å². The molecule has 2 heterocycles. The van der Waals surface area contributed by atoms with Crippen LogP contribution in [0.25, 0.3) is 0 Å². The molecule has 1 saturated heterocycles. The number of nitrogens with one attached hydrogen (secondary N) is 1. The average molecular weight is 506 g/mol. The van der Waals surface area contributed by atoms with Gasteiger partial charge in [0.25, 0.3) is 5.91 Å².